The number of hydrogen-bond acceptors (Lipinski definition) is 4. The molecule has 1 aliphatic rings. The third-order valence-corrected chi connectivity index (χ3v) is 2.49. The molecule has 0 bridgehead atoms. The first kappa shape index (κ1) is 12.0. The van der Waals surface area contributed by atoms with E-state index in [0.717, 1.165) is 13.1 Å². The summed E-state index contributed by atoms with van der Waals surface area (Å²) in [5, 5.41) is 12.0. The predicted molar refractivity (Wildman–Crippen MR) is 57.2 cm³/mol. The minimum Gasteiger partial charge on any atom is -0.324 e. The number of piperazine rings is 1. The monoisotopic (exact) mass is 210 g/mol. The van der Waals surface area contributed by atoms with Gasteiger partial charge in [0.1, 0.15) is 6.04 Å². The van der Waals surface area contributed by atoms with Gasteiger partial charge >= 0.3 is 0 Å². The fraction of sp³-hybridized carbons (Fsp3) is 0.800. The lowest BCUT2D eigenvalue weighted by Crippen LogP contribution is -2.53. The Labute approximate surface area is 90.6 Å². The van der Waals surface area contributed by atoms with Crippen LogP contribution in [0, 0.1) is 11.3 Å². The molecule has 1 heterocycles. The van der Waals surface area contributed by atoms with Crippen LogP contribution >= 0.6 is 0 Å². The first-order valence-corrected chi connectivity index (χ1v) is 5.19. The molecule has 15 heavy (non-hydrogen) atoms. The molecule has 0 aromatic rings. The molecule has 0 aliphatic carbocycles. The number of hydrogen-bond donors (Lipinski definition) is 1. The van der Waals surface area contributed by atoms with Crippen LogP contribution in [0.5, 0.6) is 0 Å². The summed E-state index contributed by atoms with van der Waals surface area (Å²) in [5.74, 6) is 0.0803. The molecule has 1 amide bonds. The minimum atomic E-state index is -0.298. The van der Waals surface area contributed by atoms with Gasteiger partial charge in [0.15, 0.2) is 0 Å². The Balaban J connectivity index is 2.46. The summed E-state index contributed by atoms with van der Waals surface area (Å²) < 4.78 is 0. The summed E-state index contributed by atoms with van der Waals surface area (Å²) in [6.07, 6.45) is 0.491. The van der Waals surface area contributed by atoms with Gasteiger partial charge in [-0.2, -0.15) is 5.26 Å². The van der Waals surface area contributed by atoms with Crippen LogP contribution in [0.25, 0.3) is 0 Å². The van der Waals surface area contributed by atoms with E-state index in [1.807, 2.05) is 19.0 Å². The van der Waals surface area contributed by atoms with Crippen molar-refractivity contribution in [2.75, 3.05) is 40.3 Å². The number of nitriles is 1. The number of amides is 1. The third-order valence-electron chi connectivity index (χ3n) is 2.49. The smallest absolute Gasteiger partial charge is 0.225 e. The van der Waals surface area contributed by atoms with E-state index in [1.54, 1.807) is 4.90 Å². The van der Waals surface area contributed by atoms with E-state index in [-0.39, 0.29) is 11.9 Å². The molecule has 0 radical (unpaired) electrons. The van der Waals surface area contributed by atoms with Crippen LogP contribution in [0.2, 0.25) is 0 Å². The van der Waals surface area contributed by atoms with Gasteiger partial charge in [0.2, 0.25) is 5.91 Å². The van der Waals surface area contributed by atoms with Gasteiger partial charge in [0.05, 0.1) is 6.07 Å². The average molecular weight is 210 g/mol. The van der Waals surface area contributed by atoms with Gasteiger partial charge in [-0.3, -0.25) is 4.79 Å². The van der Waals surface area contributed by atoms with E-state index in [0.29, 0.717) is 19.5 Å². The van der Waals surface area contributed by atoms with Crippen LogP contribution in [0.1, 0.15) is 6.42 Å². The van der Waals surface area contributed by atoms with Crippen molar-refractivity contribution in [2.45, 2.75) is 12.5 Å². The molecule has 1 atom stereocenters. The molecule has 1 N–H and O–H groups in total. The van der Waals surface area contributed by atoms with Gasteiger partial charge in [-0.15, -0.1) is 0 Å². The van der Waals surface area contributed by atoms with Crippen LogP contribution in [-0.4, -0.2) is 62.0 Å². The van der Waals surface area contributed by atoms with Crippen LogP contribution in [0.4, 0.5) is 0 Å². The summed E-state index contributed by atoms with van der Waals surface area (Å²) >= 11 is 0. The fourth-order valence-corrected chi connectivity index (χ4v) is 1.58. The van der Waals surface area contributed by atoms with Crippen LogP contribution in [0.15, 0.2) is 0 Å². The standard InChI is InChI=1S/C10H18N4O/c1-13(2)5-3-10(15)14-6-4-12-8-9(14)7-11/h9,12H,3-6,8H2,1-2H3. The van der Waals surface area contributed by atoms with Gasteiger partial charge in [-0.1, -0.05) is 0 Å². The second-order valence-electron chi connectivity index (χ2n) is 3.99. The predicted octanol–water partition coefficient (Wildman–Crippen LogP) is -0.738. The van der Waals surface area contributed by atoms with Crippen molar-refractivity contribution in [3.8, 4) is 6.07 Å². The molecule has 5 heteroatoms. The highest BCUT2D eigenvalue weighted by Crippen LogP contribution is 2.05. The van der Waals surface area contributed by atoms with Gasteiger partial charge in [-0.25, -0.2) is 0 Å². The number of nitrogens with zero attached hydrogens (tertiary/aromatic N) is 3. The number of carbonyl (C=O) groups is 1. The quantitative estimate of drug-likeness (QED) is 0.666. The normalized spacial score (nSPS) is 21.5. The van der Waals surface area contributed by atoms with Gasteiger partial charge in [0.25, 0.3) is 0 Å². The highest BCUT2D eigenvalue weighted by atomic mass is 16.2. The van der Waals surface area contributed by atoms with E-state index in [2.05, 4.69) is 11.4 Å². The van der Waals surface area contributed by atoms with Crippen molar-refractivity contribution in [3.05, 3.63) is 0 Å². The lowest BCUT2D eigenvalue weighted by Gasteiger charge is -2.32. The highest BCUT2D eigenvalue weighted by molar-refractivity contribution is 5.77. The maximum absolute atomic E-state index is 11.8. The second kappa shape index (κ2) is 5.69. The Morgan fingerprint density at radius 3 is 3.00 bits per heavy atom. The van der Waals surface area contributed by atoms with Crippen LogP contribution in [-0.2, 0) is 4.79 Å². The Hall–Kier alpha value is -1.12. The van der Waals surface area contributed by atoms with Crippen molar-refractivity contribution in [1.82, 2.24) is 15.1 Å². The molecular formula is C10H18N4O. The molecule has 0 aromatic heterocycles. The summed E-state index contributed by atoms with van der Waals surface area (Å²) in [6, 6.07) is 1.85. The molecule has 0 saturated carbocycles. The first-order chi connectivity index (χ1) is 7.15. The zero-order valence-electron chi connectivity index (χ0n) is 9.36. The Kier molecular flexibility index (Phi) is 4.53. The molecule has 1 aliphatic heterocycles. The Bertz CT molecular complexity index is 259. The Morgan fingerprint density at radius 2 is 2.40 bits per heavy atom. The molecule has 84 valence electrons. The van der Waals surface area contributed by atoms with E-state index in [9.17, 15) is 4.79 Å². The molecule has 5 nitrogen and oxygen atoms in total. The van der Waals surface area contributed by atoms with E-state index in [1.165, 1.54) is 0 Å². The second-order valence-corrected chi connectivity index (χ2v) is 3.99. The zero-order chi connectivity index (χ0) is 11.3. The van der Waals surface area contributed by atoms with Crippen molar-refractivity contribution in [3.63, 3.8) is 0 Å². The molecule has 0 aromatic carbocycles. The van der Waals surface area contributed by atoms with Crippen molar-refractivity contribution >= 4 is 5.91 Å². The van der Waals surface area contributed by atoms with Gasteiger partial charge < -0.3 is 15.1 Å². The molecule has 0 spiro atoms. The summed E-state index contributed by atoms with van der Waals surface area (Å²) in [7, 11) is 3.87. The molecule has 1 saturated heterocycles. The van der Waals surface area contributed by atoms with Crippen molar-refractivity contribution < 1.29 is 4.79 Å². The number of carbonyl (C=O) groups excluding carboxylic acids is 1. The highest BCUT2D eigenvalue weighted by Gasteiger charge is 2.25. The van der Waals surface area contributed by atoms with Crippen LogP contribution < -0.4 is 5.32 Å². The summed E-state index contributed by atoms with van der Waals surface area (Å²) in [4.78, 5) is 15.4. The van der Waals surface area contributed by atoms with E-state index < -0.39 is 0 Å². The largest absolute Gasteiger partial charge is 0.324 e. The maximum atomic E-state index is 11.8. The van der Waals surface area contributed by atoms with E-state index >= 15 is 0 Å². The van der Waals surface area contributed by atoms with Crippen LogP contribution in [0.3, 0.4) is 0 Å². The lowest BCUT2D eigenvalue weighted by molar-refractivity contribution is -0.133. The van der Waals surface area contributed by atoms with Crippen molar-refractivity contribution in [1.29, 1.82) is 5.26 Å². The number of nitrogens with one attached hydrogen (secondary N) is 1. The molecule has 1 fully saturated rings. The summed E-state index contributed by atoms with van der Waals surface area (Å²) in [5.41, 5.74) is 0. The average Bonchev–Trinajstić information content (AvgIpc) is 2.25. The molecule has 1 rings (SSSR count). The summed E-state index contributed by atoms with van der Waals surface area (Å²) in [6.45, 7) is 2.75. The molecule has 1 unspecified atom stereocenters. The number of rotatable bonds is 3. The maximum Gasteiger partial charge on any atom is 0.225 e. The van der Waals surface area contributed by atoms with E-state index in [4.69, 9.17) is 5.26 Å². The fourth-order valence-electron chi connectivity index (χ4n) is 1.58. The SMILES string of the molecule is CN(C)CCC(=O)N1CCNCC1C#N. The molecular weight excluding hydrogens is 192 g/mol. The lowest BCUT2D eigenvalue weighted by atomic mass is 10.2. The minimum absolute atomic E-state index is 0.0803. The van der Waals surface area contributed by atoms with Crippen molar-refractivity contribution in [2.24, 2.45) is 0 Å². The Morgan fingerprint density at radius 1 is 1.67 bits per heavy atom. The topological polar surface area (TPSA) is 59.4 Å². The zero-order valence-corrected chi connectivity index (χ0v) is 9.36. The van der Waals surface area contributed by atoms with Gasteiger partial charge in [-0.05, 0) is 14.1 Å². The van der Waals surface area contributed by atoms with Gasteiger partial charge in [0, 0.05) is 32.6 Å². The third kappa shape index (κ3) is 3.50. The first-order valence-electron chi connectivity index (χ1n) is 5.19.